The summed E-state index contributed by atoms with van der Waals surface area (Å²) >= 11 is 1.67. The molecule has 7 heteroatoms. The average molecular weight is 307 g/mol. The lowest BCUT2D eigenvalue weighted by Gasteiger charge is -2.13. The van der Waals surface area contributed by atoms with E-state index in [2.05, 4.69) is 21.9 Å². The fourth-order valence-corrected chi connectivity index (χ4v) is 2.60. The lowest BCUT2D eigenvalue weighted by Crippen LogP contribution is -2.16. The van der Waals surface area contributed by atoms with E-state index in [0.717, 1.165) is 5.56 Å². The van der Waals surface area contributed by atoms with Crippen molar-refractivity contribution in [3.63, 3.8) is 0 Å². The van der Waals surface area contributed by atoms with Crippen LogP contribution in [0.5, 0.6) is 0 Å². The summed E-state index contributed by atoms with van der Waals surface area (Å²) in [6, 6.07) is 6.52. The highest BCUT2D eigenvalue weighted by molar-refractivity contribution is 7.98. The highest BCUT2D eigenvalue weighted by Crippen LogP contribution is 2.30. The van der Waals surface area contributed by atoms with Crippen molar-refractivity contribution >= 4 is 23.7 Å². The van der Waals surface area contributed by atoms with Crippen LogP contribution in [0, 0.1) is 5.82 Å². The van der Waals surface area contributed by atoms with E-state index in [1.54, 1.807) is 28.8 Å². The maximum atomic E-state index is 12.9. The first-order valence-corrected chi connectivity index (χ1v) is 7.55. The largest absolute Gasteiger partial charge is 0.368 e. The van der Waals surface area contributed by atoms with Crippen molar-refractivity contribution in [1.82, 2.24) is 15.0 Å². The van der Waals surface area contributed by atoms with Gasteiger partial charge in [-0.15, -0.1) is 11.8 Å². The highest BCUT2D eigenvalue weighted by Gasteiger charge is 2.10. The number of nitrogens with two attached hydrogens (primary N) is 1. The number of nitrogen functional groups attached to an aromatic ring is 1. The van der Waals surface area contributed by atoms with E-state index < -0.39 is 0 Å². The SMILES string of the molecule is CC(SCc1nc(N)nc(N(C)C)n1)c1ccc(F)cc1. The van der Waals surface area contributed by atoms with Crippen molar-refractivity contribution in [3.8, 4) is 0 Å². The highest BCUT2D eigenvalue weighted by atomic mass is 32.2. The molecule has 2 aromatic rings. The maximum Gasteiger partial charge on any atom is 0.229 e. The molecular weight excluding hydrogens is 289 g/mol. The Morgan fingerprint density at radius 2 is 1.86 bits per heavy atom. The van der Waals surface area contributed by atoms with Gasteiger partial charge in [-0.2, -0.15) is 15.0 Å². The Hall–Kier alpha value is -1.89. The molecule has 0 bridgehead atoms. The number of halogens is 1. The van der Waals surface area contributed by atoms with Crippen LogP contribution in [0.1, 0.15) is 23.6 Å². The Labute approximate surface area is 127 Å². The lowest BCUT2D eigenvalue weighted by molar-refractivity contribution is 0.627. The molecule has 0 saturated heterocycles. The maximum absolute atomic E-state index is 12.9. The summed E-state index contributed by atoms with van der Waals surface area (Å²) in [6.07, 6.45) is 0. The second kappa shape index (κ2) is 6.71. The molecule has 0 spiro atoms. The van der Waals surface area contributed by atoms with E-state index in [9.17, 15) is 4.39 Å². The summed E-state index contributed by atoms with van der Waals surface area (Å²) in [5.41, 5.74) is 6.76. The van der Waals surface area contributed by atoms with Gasteiger partial charge in [0.25, 0.3) is 0 Å². The van der Waals surface area contributed by atoms with Gasteiger partial charge in [-0.05, 0) is 24.6 Å². The summed E-state index contributed by atoms with van der Waals surface area (Å²) in [7, 11) is 3.71. The molecule has 1 atom stereocenters. The van der Waals surface area contributed by atoms with Gasteiger partial charge in [0.1, 0.15) is 11.6 Å². The zero-order valence-electron chi connectivity index (χ0n) is 12.2. The summed E-state index contributed by atoms with van der Waals surface area (Å²) in [6.45, 7) is 2.06. The van der Waals surface area contributed by atoms with Crippen LogP contribution in [0.25, 0.3) is 0 Å². The second-order valence-corrected chi connectivity index (χ2v) is 6.14. The molecule has 1 aromatic heterocycles. The van der Waals surface area contributed by atoms with Crippen LogP contribution in [-0.2, 0) is 5.75 Å². The van der Waals surface area contributed by atoms with E-state index in [-0.39, 0.29) is 17.0 Å². The van der Waals surface area contributed by atoms with Gasteiger partial charge in [0.15, 0.2) is 0 Å². The van der Waals surface area contributed by atoms with Gasteiger partial charge in [0, 0.05) is 19.3 Å². The molecular formula is C14H18FN5S. The molecule has 0 aliphatic rings. The summed E-state index contributed by atoms with van der Waals surface area (Å²) < 4.78 is 12.9. The third kappa shape index (κ3) is 4.29. The third-order valence-corrected chi connectivity index (χ3v) is 4.09. The van der Waals surface area contributed by atoms with Gasteiger partial charge in [0.2, 0.25) is 11.9 Å². The third-order valence-electron chi connectivity index (χ3n) is 2.89. The molecule has 5 nitrogen and oxygen atoms in total. The molecule has 0 aliphatic heterocycles. The molecule has 0 fully saturated rings. The number of hydrogen-bond donors (Lipinski definition) is 1. The Bertz CT molecular complexity index is 603. The smallest absolute Gasteiger partial charge is 0.229 e. The van der Waals surface area contributed by atoms with Gasteiger partial charge in [-0.25, -0.2) is 4.39 Å². The van der Waals surface area contributed by atoms with Crippen molar-refractivity contribution in [1.29, 1.82) is 0 Å². The van der Waals surface area contributed by atoms with E-state index in [4.69, 9.17) is 5.73 Å². The molecule has 1 aromatic carbocycles. The standard InChI is InChI=1S/C14H18FN5S/c1-9(10-4-6-11(15)7-5-10)21-8-12-17-13(16)19-14(18-12)20(2)3/h4-7,9H,8H2,1-3H3,(H2,16,17,18,19). The first-order chi connectivity index (χ1) is 9.95. The molecule has 0 aliphatic carbocycles. The molecule has 112 valence electrons. The molecule has 2 N–H and O–H groups in total. The van der Waals surface area contributed by atoms with Crippen LogP contribution in [0.4, 0.5) is 16.3 Å². The summed E-state index contributed by atoms with van der Waals surface area (Å²) in [5.74, 6) is 1.81. The first-order valence-electron chi connectivity index (χ1n) is 6.50. The minimum absolute atomic E-state index is 0.214. The van der Waals surface area contributed by atoms with Crippen LogP contribution >= 0.6 is 11.8 Å². The molecule has 0 amide bonds. The van der Waals surface area contributed by atoms with E-state index >= 15 is 0 Å². The van der Waals surface area contributed by atoms with E-state index in [0.29, 0.717) is 17.5 Å². The van der Waals surface area contributed by atoms with Crippen LogP contribution in [0.15, 0.2) is 24.3 Å². The Kier molecular flexibility index (Phi) is 4.95. The van der Waals surface area contributed by atoms with E-state index in [1.165, 1.54) is 12.1 Å². The van der Waals surface area contributed by atoms with Gasteiger partial charge < -0.3 is 10.6 Å². The zero-order valence-corrected chi connectivity index (χ0v) is 13.1. The normalized spacial score (nSPS) is 12.2. The van der Waals surface area contributed by atoms with Crippen LogP contribution in [0.2, 0.25) is 0 Å². The minimum Gasteiger partial charge on any atom is -0.368 e. The van der Waals surface area contributed by atoms with Crippen molar-refractivity contribution < 1.29 is 4.39 Å². The minimum atomic E-state index is -0.225. The predicted octanol–water partition coefficient (Wildman–Crippen LogP) is 2.65. The van der Waals surface area contributed by atoms with Crippen molar-refractivity contribution in [3.05, 3.63) is 41.5 Å². The fourth-order valence-electron chi connectivity index (χ4n) is 1.72. The van der Waals surface area contributed by atoms with Crippen molar-refractivity contribution in [2.45, 2.75) is 17.9 Å². The van der Waals surface area contributed by atoms with Gasteiger partial charge in [-0.3, -0.25) is 0 Å². The predicted molar refractivity (Wildman–Crippen MR) is 84.7 cm³/mol. The number of rotatable bonds is 5. The Balaban J connectivity index is 2.04. The molecule has 1 heterocycles. The quantitative estimate of drug-likeness (QED) is 0.916. The number of benzene rings is 1. The van der Waals surface area contributed by atoms with Crippen LogP contribution in [-0.4, -0.2) is 29.0 Å². The van der Waals surface area contributed by atoms with Gasteiger partial charge >= 0.3 is 0 Å². The number of anilines is 2. The van der Waals surface area contributed by atoms with Crippen molar-refractivity contribution in [2.24, 2.45) is 0 Å². The number of nitrogens with zero attached hydrogens (tertiary/aromatic N) is 4. The number of thioether (sulfide) groups is 1. The molecule has 2 rings (SSSR count). The molecule has 0 saturated carbocycles. The fraction of sp³-hybridized carbons (Fsp3) is 0.357. The molecule has 21 heavy (non-hydrogen) atoms. The van der Waals surface area contributed by atoms with Gasteiger partial charge in [-0.1, -0.05) is 12.1 Å². The number of hydrogen-bond acceptors (Lipinski definition) is 6. The van der Waals surface area contributed by atoms with Crippen molar-refractivity contribution in [2.75, 3.05) is 24.7 Å². The summed E-state index contributed by atoms with van der Waals surface area (Å²) in [5, 5.41) is 0.214. The second-order valence-electron chi connectivity index (χ2n) is 4.81. The topological polar surface area (TPSA) is 67.9 Å². The van der Waals surface area contributed by atoms with Crippen LogP contribution < -0.4 is 10.6 Å². The Morgan fingerprint density at radius 1 is 1.19 bits per heavy atom. The number of aromatic nitrogens is 3. The average Bonchev–Trinajstić information content (AvgIpc) is 2.45. The lowest BCUT2D eigenvalue weighted by atomic mass is 10.2. The molecule has 0 radical (unpaired) electrons. The monoisotopic (exact) mass is 307 g/mol. The Morgan fingerprint density at radius 3 is 2.48 bits per heavy atom. The zero-order chi connectivity index (χ0) is 15.4. The van der Waals surface area contributed by atoms with Crippen LogP contribution in [0.3, 0.4) is 0 Å². The summed E-state index contributed by atoms with van der Waals surface area (Å²) in [4.78, 5) is 14.3. The first kappa shape index (κ1) is 15.5. The van der Waals surface area contributed by atoms with Gasteiger partial charge in [0.05, 0.1) is 5.75 Å². The van der Waals surface area contributed by atoms with E-state index in [1.807, 2.05) is 14.1 Å². The molecule has 1 unspecified atom stereocenters.